The quantitative estimate of drug-likeness (QED) is 0.501. The lowest BCUT2D eigenvalue weighted by atomic mass is 9.92. The number of hydrogen-bond donors (Lipinski definition) is 3. The Morgan fingerprint density at radius 2 is 2.00 bits per heavy atom. The van der Waals surface area contributed by atoms with Gasteiger partial charge in [-0.2, -0.15) is 0 Å². The van der Waals surface area contributed by atoms with Gasteiger partial charge in [0.2, 0.25) is 0 Å². The van der Waals surface area contributed by atoms with Gasteiger partial charge in [-0.25, -0.2) is 4.79 Å². The first kappa shape index (κ1) is 12.3. The molecule has 1 aromatic carbocycles. The first-order valence-corrected chi connectivity index (χ1v) is 4.52. The van der Waals surface area contributed by atoms with Gasteiger partial charge in [-0.15, -0.1) is 12.4 Å². The summed E-state index contributed by atoms with van der Waals surface area (Å²) >= 11 is 0. The van der Waals surface area contributed by atoms with Crippen molar-refractivity contribution < 1.29 is 9.59 Å². The zero-order chi connectivity index (χ0) is 11.1. The predicted molar refractivity (Wildman–Crippen MR) is 62.1 cm³/mol. The molecule has 0 aromatic heterocycles. The third kappa shape index (κ3) is 1.81. The molecule has 0 spiro atoms. The van der Waals surface area contributed by atoms with Crippen LogP contribution in [0.4, 0.5) is 10.5 Å². The number of imide groups is 1. The summed E-state index contributed by atoms with van der Waals surface area (Å²) in [4.78, 5) is 22.6. The Bertz CT molecular complexity index is 449. The Morgan fingerprint density at radius 1 is 1.31 bits per heavy atom. The van der Waals surface area contributed by atoms with Gasteiger partial charge in [0.05, 0.1) is 0 Å². The van der Waals surface area contributed by atoms with Gasteiger partial charge < -0.3 is 11.1 Å². The van der Waals surface area contributed by atoms with E-state index in [0.29, 0.717) is 11.3 Å². The third-order valence-electron chi connectivity index (χ3n) is 2.51. The Balaban J connectivity index is 0.00000128. The summed E-state index contributed by atoms with van der Waals surface area (Å²) in [5, 5.41) is 4.76. The molecule has 1 aliphatic rings. The van der Waals surface area contributed by atoms with Gasteiger partial charge in [0.25, 0.3) is 5.91 Å². The van der Waals surface area contributed by atoms with Crippen LogP contribution >= 0.6 is 12.4 Å². The van der Waals surface area contributed by atoms with Gasteiger partial charge in [0, 0.05) is 5.69 Å². The minimum atomic E-state index is -1.02. The molecule has 86 valence electrons. The summed E-state index contributed by atoms with van der Waals surface area (Å²) in [7, 11) is 0. The number of rotatable bonds is 1. The lowest BCUT2D eigenvalue weighted by molar-refractivity contribution is -0.123. The second-order valence-corrected chi connectivity index (χ2v) is 3.66. The zero-order valence-corrected chi connectivity index (χ0v) is 9.43. The summed E-state index contributed by atoms with van der Waals surface area (Å²) in [6.07, 6.45) is 0. The van der Waals surface area contributed by atoms with Crippen LogP contribution in [-0.4, -0.2) is 11.9 Å². The molecule has 1 aromatic rings. The molecule has 16 heavy (non-hydrogen) atoms. The average molecular weight is 242 g/mol. The van der Waals surface area contributed by atoms with Crippen molar-refractivity contribution in [3.05, 3.63) is 29.8 Å². The normalized spacial score (nSPS) is 23.3. The van der Waals surface area contributed by atoms with E-state index in [1.807, 2.05) is 0 Å². The highest BCUT2D eigenvalue weighted by atomic mass is 35.5. The fraction of sp³-hybridized carbons (Fsp3) is 0.200. The predicted octanol–water partition coefficient (Wildman–Crippen LogP) is 0.745. The number of benzene rings is 1. The van der Waals surface area contributed by atoms with E-state index in [9.17, 15) is 9.59 Å². The molecule has 1 aliphatic heterocycles. The number of nitrogen functional groups attached to an aromatic ring is 1. The van der Waals surface area contributed by atoms with Crippen LogP contribution in [0.3, 0.4) is 0 Å². The minimum Gasteiger partial charge on any atom is -0.399 e. The van der Waals surface area contributed by atoms with Crippen LogP contribution in [0.2, 0.25) is 0 Å². The lowest BCUT2D eigenvalue weighted by Crippen LogP contribution is -2.40. The van der Waals surface area contributed by atoms with E-state index in [2.05, 4.69) is 10.6 Å². The molecule has 0 bridgehead atoms. The van der Waals surface area contributed by atoms with Crippen LogP contribution < -0.4 is 16.4 Å². The Morgan fingerprint density at radius 3 is 2.50 bits per heavy atom. The molecule has 3 amide bonds. The van der Waals surface area contributed by atoms with Crippen molar-refractivity contribution in [1.29, 1.82) is 0 Å². The molecule has 1 heterocycles. The molecule has 4 N–H and O–H groups in total. The second-order valence-electron chi connectivity index (χ2n) is 3.66. The van der Waals surface area contributed by atoms with Crippen LogP contribution in [0, 0.1) is 0 Å². The van der Waals surface area contributed by atoms with Crippen molar-refractivity contribution in [3.8, 4) is 0 Å². The van der Waals surface area contributed by atoms with E-state index in [1.54, 1.807) is 31.2 Å². The highest BCUT2D eigenvalue weighted by Crippen LogP contribution is 2.25. The van der Waals surface area contributed by atoms with Gasteiger partial charge in [-0.05, 0) is 24.6 Å². The molecule has 6 heteroatoms. The van der Waals surface area contributed by atoms with Crippen LogP contribution in [0.15, 0.2) is 24.3 Å². The number of halogens is 1. The average Bonchev–Trinajstić information content (AvgIpc) is 2.42. The zero-order valence-electron chi connectivity index (χ0n) is 8.61. The number of amides is 3. The van der Waals surface area contributed by atoms with Gasteiger partial charge in [0.15, 0.2) is 0 Å². The highest BCUT2D eigenvalue weighted by molar-refractivity contribution is 6.07. The van der Waals surface area contributed by atoms with E-state index in [1.165, 1.54) is 0 Å². The van der Waals surface area contributed by atoms with Gasteiger partial charge in [0.1, 0.15) is 5.54 Å². The standard InChI is InChI=1S/C10H11N3O2.ClH/c1-10(8(14)12-9(15)13-10)6-3-2-4-7(11)5-6;/h2-5H,11H2,1H3,(H2,12,13,14,15);1H. The molecule has 1 saturated heterocycles. The maximum Gasteiger partial charge on any atom is 0.322 e. The maximum atomic E-state index is 11.6. The van der Waals surface area contributed by atoms with Crippen molar-refractivity contribution in [2.45, 2.75) is 12.5 Å². The second kappa shape index (κ2) is 4.02. The SMILES string of the molecule is CC1(c2cccc(N)c2)NC(=O)NC1=O.Cl. The summed E-state index contributed by atoms with van der Waals surface area (Å²) in [5.74, 6) is -0.363. The fourth-order valence-electron chi connectivity index (χ4n) is 1.60. The van der Waals surface area contributed by atoms with E-state index >= 15 is 0 Å². The smallest absolute Gasteiger partial charge is 0.322 e. The molecule has 0 radical (unpaired) electrons. The fourth-order valence-corrected chi connectivity index (χ4v) is 1.60. The maximum absolute atomic E-state index is 11.6. The van der Waals surface area contributed by atoms with Crippen molar-refractivity contribution in [2.24, 2.45) is 0 Å². The van der Waals surface area contributed by atoms with Crippen LogP contribution in [0.25, 0.3) is 0 Å². The molecule has 1 unspecified atom stereocenters. The Kier molecular flexibility index (Phi) is 3.09. The third-order valence-corrected chi connectivity index (χ3v) is 2.51. The summed E-state index contributed by atoms with van der Waals surface area (Å²) in [5.41, 5.74) is 5.83. The Hall–Kier alpha value is -1.75. The van der Waals surface area contributed by atoms with E-state index in [4.69, 9.17) is 5.73 Å². The molecule has 0 saturated carbocycles. The molecule has 1 atom stereocenters. The van der Waals surface area contributed by atoms with E-state index in [0.717, 1.165) is 0 Å². The van der Waals surface area contributed by atoms with Crippen molar-refractivity contribution in [1.82, 2.24) is 10.6 Å². The van der Waals surface area contributed by atoms with E-state index < -0.39 is 11.6 Å². The molecule has 2 rings (SSSR count). The largest absolute Gasteiger partial charge is 0.399 e. The number of nitrogens with two attached hydrogens (primary N) is 1. The van der Waals surface area contributed by atoms with Crippen LogP contribution in [0.1, 0.15) is 12.5 Å². The first-order valence-electron chi connectivity index (χ1n) is 4.52. The first-order chi connectivity index (χ1) is 7.02. The van der Waals surface area contributed by atoms with Crippen LogP contribution in [0.5, 0.6) is 0 Å². The van der Waals surface area contributed by atoms with Crippen molar-refractivity contribution in [2.75, 3.05) is 5.73 Å². The number of hydrogen-bond acceptors (Lipinski definition) is 3. The monoisotopic (exact) mass is 241 g/mol. The Labute approximate surface area is 98.8 Å². The summed E-state index contributed by atoms with van der Waals surface area (Å²) < 4.78 is 0. The van der Waals surface area contributed by atoms with Gasteiger partial charge >= 0.3 is 6.03 Å². The topological polar surface area (TPSA) is 84.2 Å². The van der Waals surface area contributed by atoms with E-state index in [-0.39, 0.29) is 18.3 Å². The number of carbonyl (C=O) groups is 2. The lowest BCUT2D eigenvalue weighted by Gasteiger charge is -2.21. The van der Waals surface area contributed by atoms with Gasteiger partial charge in [-0.1, -0.05) is 12.1 Å². The molecular formula is C10H12ClN3O2. The summed E-state index contributed by atoms with van der Waals surface area (Å²) in [6, 6.07) is 6.41. The molecule has 0 aliphatic carbocycles. The number of nitrogens with one attached hydrogen (secondary N) is 2. The molecule has 1 fully saturated rings. The van der Waals surface area contributed by atoms with Crippen LogP contribution in [-0.2, 0) is 10.3 Å². The van der Waals surface area contributed by atoms with Crippen molar-refractivity contribution >= 4 is 30.0 Å². The molecular weight excluding hydrogens is 230 g/mol. The van der Waals surface area contributed by atoms with Crippen molar-refractivity contribution in [3.63, 3.8) is 0 Å². The highest BCUT2D eigenvalue weighted by Gasteiger charge is 2.43. The molecule has 5 nitrogen and oxygen atoms in total. The number of anilines is 1. The summed E-state index contributed by atoms with van der Waals surface area (Å²) in [6.45, 7) is 1.64. The minimum absolute atomic E-state index is 0. The van der Waals surface area contributed by atoms with Gasteiger partial charge in [-0.3, -0.25) is 10.1 Å². The number of carbonyl (C=O) groups excluding carboxylic acids is 2. The number of urea groups is 1.